The lowest BCUT2D eigenvalue weighted by atomic mass is 10.1. The molecule has 6 heteroatoms. The van der Waals surface area contributed by atoms with Gasteiger partial charge in [-0.1, -0.05) is 19.9 Å². The van der Waals surface area contributed by atoms with Crippen LogP contribution in [0.3, 0.4) is 0 Å². The second-order valence-electron chi connectivity index (χ2n) is 6.92. The van der Waals surface area contributed by atoms with Crippen LogP contribution in [-0.4, -0.2) is 25.6 Å². The Hall–Kier alpha value is -2.47. The monoisotopic (exact) mass is 382 g/mol. The number of thiophene rings is 1. The fraction of sp³-hybridized carbons (Fsp3) is 0.381. The first-order valence-electron chi connectivity index (χ1n) is 9.30. The minimum atomic E-state index is -0.00652. The Morgan fingerprint density at radius 1 is 1.22 bits per heavy atom. The Bertz CT molecular complexity index is 898. The molecule has 0 atom stereocenters. The zero-order valence-corrected chi connectivity index (χ0v) is 17.2. The summed E-state index contributed by atoms with van der Waals surface area (Å²) < 4.78 is 1.81. The van der Waals surface area contributed by atoms with E-state index in [-0.39, 0.29) is 11.8 Å². The van der Waals surface area contributed by atoms with E-state index >= 15 is 0 Å². The highest BCUT2D eigenvalue weighted by Crippen LogP contribution is 2.21. The summed E-state index contributed by atoms with van der Waals surface area (Å²) in [6, 6.07) is 11.9. The standard InChI is InChI=1S/C21H26N4OS/c1-5-25-20(12-19(23-25)15(2)3)21(26)24(13-17-8-6-7-11-22-17)14-18-10-9-16(4)27-18/h6-12,15H,5,13-14H2,1-4H3. The maximum Gasteiger partial charge on any atom is 0.272 e. The van der Waals surface area contributed by atoms with Crippen LogP contribution in [0.5, 0.6) is 0 Å². The number of hydrogen-bond acceptors (Lipinski definition) is 4. The highest BCUT2D eigenvalue weighted by molar-refractivity contribution is 7.11. The zero-order valence-electron chi connectivity index (χ0n) is 16.3. The summed E-state index contributed by atoms with van der Waals surface area (Å²) in [6.07, 6.45) is 1.76. The third-order valence-electron chi connectivity index (χ3n) is 4.42. The van der Waals surface area contributed by atoms with Crippen LogP contribution >= 0.6 is 11.3 Å². The molecule has 0 aliphatic heterocycles. The van der Waals surface area contributed by atoms with Crippen LogP contribution in [0.15, 0.2) is 42.6 Å². The number of aryl methyl sites for hydroxylation is 2. The van der Waals surface area contributed by atoms with Crippen LogP contribution in [0.4, 0.5) is 0 Å². The highest BCUT2D eigenvalue weighted by atomic mass is 32.1. The van der Waals surface area contributed by atoms with Gasteiger partial charge in [-0.3, -0.25) is 14.5 Å². The lowest BCUT2D eigenvalue weighted by Gasteiger charge is -2.22. The molecule has 0 spiro atoms. The molecule has 0 N–H and O–H groups in total. The number of hydrogen-bond donors (Lipinski definition) is 0. The van der Waals surface area contributed by atoms with E-state index in [9.17, 15) is 4.79 Å². The predicted molar refractivity (Wildman–Crippen MR) is 109 cm³/mol. The number of aromatic nitrogens is 3. The topological polar surface area (TPSA) is 51.0 Å². The smallest absolute Gasteiger partial charge is 0.272 e. The molecular weight excluding hydrogens is 356 g/mol. The number of nitrogens with zero attached hydrogens (tertiary/aromatic N) is 4. The molecule has 1 amide bonds. The second-order valence-corrected chi connectivity index (χ2v) is 8.29. The molecule has 0 unspecified atom stereocenters. The van der Waals surface area contributed by atoms with Gasteiger partial charge in [0.2, 0.25) is 0 Å². The van der Waals surface area contributed by atoms with Crippen LogP contribution in [0.25, 0.3) is 0 Å². The van der Waals surface area contributed by atoms with E-state index in [2.05, 4.69) is 43.0 Å². The summed E-state index contributed by atoms with van der Waals surface area (Å²) in [5.74, 6) is 0.279. The molecule has 0 fully saturated rings. The first kappa shape index (κ1) is 19.3. The Kier molecular flexibility index (Phi) is 6.06. The van der Waals surface area contributed by atoms with E-state index in [1.165, 1.54) is 9.75 Å². The van der Waals surface area contributed by atoms with Crippen molar-refractivity contribution in [1.82, 2.24) is 19.7 Å². The van der Waals surface area contributed by atoms with Crippen molar-refractivity contribution in [3.05, 3.63) is 69.4 Å². The summed E-state index contributed by atoms with van der Waals surface area (Å²) in [5.41, 5.74) is 2.47. The van der Waals surface area contributed by atoms with Crippen molar-refractivity contribution in [2.24, 2.45) is 0 Å². The first-order chi connectivity index (χ1) is 13.0. The van der Waals surface area contributed by atoms with Crippen molar-refractivity contribution in [2.45, 2.75) is 53.2 Å². The van der Waals surface area contributed by atoms with Gasteiger partial charge >= 0.3 is 0 Å². The second kappa shape index (κ2) is 8.48. The molecule has 3 aromatic rings. The minimum Gasteiger partial charge on any atom is -0.326 e. The van der Waals surface area contributed by atoms with Crippen molar-refractivity contribution in [1.29, 1.82) is 0 Å². The normalized spacial score (nSPS) is 11.1. The molecule has 27 heavy (non-hydrogen) atoms. The average molecular weight is 383 g/mol. The Balaban J connectivity index is 1.92. The molecular formula is C21H26N4OS. The van der Waals surface area contributed by atoms with Gasteiger partial charge in [-0.25, -0.2) is 0 Å². The first-order valence-corrected chi connectivity index (χ1v) is 10.1. The van der Waals surface area contributed by atoms with Gasteiger partial charge < -0.3 is 4.90 Å². The number of rotatable bonds is 7. The van der Waals surface area contributed by atoms with E-state index in [0.717, 1.165) is 11.4 Å². The molecule has 0 saturated heterocycles. The van der Waals surface area contributed by atoms with E-state index < -0.39 is 0 Å². The fourth-order valence-corrected chi connectivity index (χ4v) is 3.85. The largest absolute Gasteiger partial charge is 0.326 e. The summed E-state index contributed by atoms with van der Waals surface area (Å²) in [7, 11) is 0. The van der Waals surface area contributed by atoms with Crippen LogP contribution in [-0.2, 0) is 19.6 Å². The molecule has 0 aromatic carbocycles. The minimum absolute atomic E-state index is 0.00652. The van der Waals surface area contributed by atoms with E-state index in [4.69, 9.17) is 0 Å². The molecule has 142 valence electrons. The van der Waals surface area contributed by atoms with Gasteiger partial charge in [0.05, 0.1) is 24.5 Å². The van der Waals surface area contributed by atoms with Gasteiger partial charge in [-0.15, -0.1) is 11.3 Å². The molecule has 5 nitrogen and oxygen atoms in total. The van der Waals surface area contributed by atoms with Crippen LogP contribution in [0.1, 0.15) is 58.3 Å². The zero-order chi connectivity index (χ0) is 19.4. The molecule has 3 aromatic heterocycles. The third-order valence-corrected chi connectivity index (χ3v) is 5.40. The van der Waals surface area contributed by atoms with Crippen molar-refractivity contribution in [3.8, 4) is 0 Å². The summed E-state index contributed by atoms with van der Waals surface area (Å²) >= 11 is 1.72. The van der Waals surface area contributed by atoms with Gasteiger partial charge in [0.25, 0.3) is 5.91 Å². The van der Waals surface area contributed by atoms with Gasteiger partial charge in [0, 0.05) is 22.5 Å². The van der Waals surface area contributed by atoms with Crippen LogP contribution in [0.2, 0.25) is 0 Å². The van der Waals surface area contributed by atoms with Gasteiger partial charge in [0.1, 0.15) is 5.69 Å². The number of amides is 1. The van der Waals surface area contributed by atoms with Crippen molar-refractivity contribution >= 4 is 17.2 Å². The maximum atomic E-state index is 13.4. The Morgan fingerprint density at radius 2 is 2.04 bits per heavy atom. The number of carbonyl (C=O) groups excluding carboxylic acids is 1. The lowest BCUT2D eigenvalue weighted by Crippen LogP contribution is -2.32. The predicted octanol–water partition coefficient (Wildman–Crippen LogP) is 4.63. The van der Waals surface area contributed by atoms with E-state index in [1.807, 2.05) is 40.8 Å². The number of carbonyl (C=O) groups is 1. The Labute approximate surface area is 164 Å². The Morgan fingerprint density at radius 3 is 2.63 bits per heavy atom. The molecule has 3 heterocycles. The van der Waals surface area contributed by atoms with Crippen molar-refractivity contribution in [3.63, 3.8) is 0 Å². The number of pyridine rings is 1. The van der Waals surface area contributed by atoms with Gasteiger partial charge in [0.15, 0.2) is 0 Å². The quantitative estimate of drug-likeness (QED) is 0.598. The highest BCUT2D eigenvalue weighted by Gasteiger charge is 2.23. The summed E-state index contributed by atoms with van der Waals surface area (Å²) in [5, 5.41) is 4.61. The summed E-state index contributed by atoms with van der Waals surface area (Å²) in [4.78, 5) is 22.1. The van der Waals surface area contributed by atoms with E-state index in [0.29, 0.717) is 25.3 Å². The maximum absolute atomic E-state index is 13.4. The molecule has 0 aliphatic carbocycles. The fourth-order valence-electron chi connectivity index (χ4n) is 2.94. The SMILES string of the molecule is CCn1nc(C(C)C)cc1C(=O)N(Cc1ccccn1)Cc1ccc(C)s1. The lowest BCUT2D eigenvalue weighted by molar-refractivity contribution is 0.0717. The average Bonchev–Trinajstić information content (AvgIpc) is 3.27. The van der Waals surface area contributed by atoms with Gasteiger partial charge in [-0.05, 0) is 50.1 Å². The van der Waals surface area contributed by atoms with Gasteiger partial charge in [-0.2, -0.15) is 5.10 Å². The summed E-state index contributed by atoms with van der Waals surface area (Å²) in [6.45, 7) is 10.00. The molecule has 0 aliphatic rings. The third kappa shape index (κ3) is 4.63. The van der Waals surface area contributed by atoms with Crippen molar-refractivity contribution < 1.29 is 4.79 Å². The van der Waals surface area contributed by atoms with Crippen LogP contribution < -0.4 is 0 Å². The van der Waals surface area contributed by atoms with E-state index in [1.54, 1.807) is 17.5 Å². The van der Waals surface area contributed by atoms with Crippen molar-refractivity contribution in [2.75, 3.05) is 0 Å². The van der Waals surface area contributed by atoms with Crippen LogP contribution in [0, 0.1) is 6.92 Å². The molecule has 0 saturated carbocycles. The molecule has 0 bridgehead atoms. The molecule has 3 rings (SSSR count). The molecule has 0 radical (unpaired) electrons.